The largest absolute Gasteiger partial charge is 0.371 e. The van der Waals surface area contributed by atoms with E-state index < -0.39 is 0 Å². The van der Waals surface area contributed by atoms with E-state index in [1.165, 1.54) is 10.9 Å². The van der Waals surface area contributed by atoms with Gasteiger partial charge >= 0.3 is 0 Å². The molecule has 2 fully saturated rings. The summed E-state index contributed by atoms with van der Waals surface area (Å²) in [6, 6.07) is 9.85. The van der Waals surface area contributed by atoms with Gasteiger partial charge in [0.2, 0.25) is 5.89 Å². The van der Waals surface area contributed by atoms with Crippen molar-refractivity contribution in [1.82, 2.24) is 19.7 Å². The van der Waals surface area contributed by atoms with Crippen LogP contribution in [0.4, 0.5) is 11.5 Å². The summed E-state index contributed by atoms with van der Waals surface area (Å²) < 4.78 is 6.95. The number of piperidine rings is 1. The molecular weight excluding hydrogens is 394 g/mol. The van der Waals surface area contributed by atoms with E-state index in [2.05, 4.69) is 31.1 Å². The fraction of sp³-hybridized carbons (Fsp3) is 0.364. The Morgan fingerprint density at radius 3 is 2.74 bits per heavy atom. The molecule has 1 aliphatic carbocycles. The van der Waals surface area contributed by atoms with E-state index in [0.717, 1.165) is 24.6 Å². The summed E-state index contributed by atoms with van der Waals surface area (Å²) in [5.41, 5.74) is 2.31. The van der Waals surface area contributed by atoms with Crippen LogP contribution in [0, 0.1) is 23.2 Å². The van der Waals surface area contributed by atoms with Gasteiger partial charge in [0.1, 0.15) is 12.9 Å². The molecule has 4 atom stereocenters. The summed E-state index contributed by atoms with van der Waals surface area (Å²) in [6.45, 7) is 4.02. The lowest BCUT2D eigenvalue weighted by atomic mass is 10.1. The Labute approximate surface area is 177 Å². The molecule has 1 saturated heterocycles. The third-order valence-electron chi connectivity index (χ3n) is 6.57. The molecule has 4 heterocycles. The minimum Gasteiger partial charge on any atom is -0.371 e. The van der Waals surface area contributed by atoms with Gasteiger partial charge in [0.25, 0.3) is 5.56 Å². The molecule has 2 aliphatic heterocycles. The van der Waals surface area contributed by atoms with E-state index in [-0.39, 0.29) is 18.0 Å². The summed E-state index contributed by atoms with van der Waals surface area (Å²) in [6.07, 6.45) is 3.23. The molecule has 6 rings (SSSR count). The third-order valence-corrected chi connectivity index (χ3v) is 6.57. The van der Waals surface area contributed by atoms with Crippen LogP contribution in [-0.4, -0.2) is 39.0 Å². The van der Waals surface area contributed by atoms with Gasteiger partial charge in [-0.3, -0.25) is 9.36 Å². The van der Waals surface area contributed by atoms with Crippen LogP contribution < -0.4 is 10.5 Å². The number of aliphatic imine (C=N–C) groups is 1. The molecule has 2 aromatic heterocycles. The van der Waals surface area contributed by atoms with E-state index in [0.29, 0.717) is 40.6 Å². The SMILES string of the molecule is CC1C=Nc2ncn(Cc3nc([C@H]4[C@@H]5CN(c6ccc(C#N)cc6)C[C@@H]54)no3)c(=O)c21. The molecule has 0 amide bonds. The Morgan fingerprint density at radius 1 is 1.23 bits per heavy atom. The van der Waals surface area contributed by atoms with Gasteiger partial charge in [0.05, 0.1) is 17.2 Å². The molecule has 154 valence electrons. The van der Waals surface area contributed by atoms with Crippen LogP contribution in [0.3, 0.4) is 0 Å². The van der Waals surface area contributed by atoms with Gasteiger partial charge in [0.15, 0.2) is 11.6 Å². The Kier molecular flexibility index (Phi) is 3.84. The van der Waals surface area contributed by atoms with Crippen molar-refractivity contribution in [3.05, 3.63) is 63.8 Å². The van der Waals surface area contributed by atoms with Gasteiger partial charge in [-0.25, -0.2) is 9.98 Å². The second-order valence-corrected chi connectivity index (χ2v) is 8.45. The van der Waals surface area contributed by atoms with Crippen molar-refractivity contribution >= 4 is 17.7 Å². The second kappa shape index (κ2) is 6.60. The second-order valence-electron chi connectivity index (χ2n) is 8.45. The van der Waals surface area contributed by atoms with Crippen molar-refractivity contribution in [3.8, 4) is 6.07 Å². The molecule has 0 radical (unpaired) electrons. The van der Waals surface area contributed by atoms with Crippen molar-refractivity contribution in [1.29, 1.82) is 5.26 Å². The number of anilines is 1. The molecule has 0 N–H and O–H groups in total. The maximum atomic E-state index is 12.7. The topological polar surface area (TPSA) is 113 Å². The zero-order valence-electron chi connectivity index (χ0n) is 16.8. The molecule has 1 saturated carbocycles. The first kappa shape index (κ1) is 18.0. The molecule has 9 nitrogen and oxygen atoms in total. The molecule has 0 bridgehead atoms. The van der Waals surface area contributed by atoms with Gasteiger partial charge in [-0.1, -0.05) is 12.1 Å². The highest BCUT2D eigenvalue weighted by atomic mass is 16.5. The van der Waals surface area contributed by atoms with E-state index in [1.54, 1.807) is 6.21 Å². The maximum Gasteiger partial charge on any atom is 0.259 e. The lowest BCUT2D eigenvalue weighted by molar-refractivity contribution is 0.363. The van der Waals surface area contributed by atoms with Gasteiger partial charge < -0.3 is 9.42 Å². The number of nitrogens with zero attached hydrogens (tertiary/aromatic N) is 7. The minimum absolute atomic E-state index is 0.0365. The highest BCUT2D eigenvalue weighted by molar-refractivity contribution is 5.78. The zero-order valence-corrected chi connectivity index (χ0v) is 16.8. The highest BCUT2D eigenvalue weighted by Gasteiger charge is 2.58. The van der Waals surface area contributed by atoms with Crippen LogP contribution in [0.5, 0.6) is 0 Å². The van der Waals surface area contributed by atoms with Crippen LogP contribution >= 0.6 is 0 Å². The smallest absolute Gasteiger partial charge is 0.259 e. The predicted octanol–water partition coefficient (Wildman–Crippen LogP) is 2.22. The Bertz CT molecular complexity index is 1290. The van der Waals surface area contributed by atoms with E-state index in [9.17, 15) is 4.79 Å². The number of hydrogen-bond acceptors (Lipinski definition) is 8. The maximum absolute atomic E-state index is 12.7. The molecule has 3 aromatic rings. The number of nitriles is 1. The summed E-state index contributed by atoms with van der Waals surface area (Å²) in [5, 5.41) is 13.1. The first-order valence-electron chi connectivity index (χ1n) is 10.3. The fourth-order valence-corrected chi connectivity index (χ4v) is 4.85. The standard InChI is InChI=1S/C22H19N7O2/c1-12-7-24-20-18(12)22(30)29(11-25-20)10-17-26-21(27-31-17)19-15-8-28(9-16(15)19)14-4-2-13(6-23)3-5-14/h2-5,7,11-12,15-16,19H,8-10H2,1H3/t12?,15-,16+,19+. The molecule has 1 unspecified atom stereocenters. The molecular formula is C22H19N7O2. The number of hydrogen-bond donors (Lipinski definition) is 0. The highest BCUT2D eigenvalue weighted by Crippen LogP contribution is 2.57. The summed E-state index contributed by atoms with van der Waals surface area (Å²) in [5.74, 6) is 2.91. The molecule has 3 aliphatic rings. The zero-order chi connectivity index (χ0) is 21.1. The normalized spacial score (nSPS) is 25.4. The van der Waals surface area contributed by atoms with Gasteiger partial charge in [0, 0.05) is 36.8 Å². The summed E-state index contributed by atoms with van der Waals surface area (Å²) in [4.78, 5) is 28.1. The van der Waals surface area contributed by atoms with Gasteiger partial charge in [-0.2, -0.15) is 10.2 Å². The molecule has 9 heteroatoms. The van der Waals surface area contributed by atoms with Crippen LogP contribution in [0.15, 0.2) is 44.9 Å². The summed E-state index contributed by atoms with van der Waals surface area (Å²) in [7, 11) is 0. The number of fused-ring (bicyclic) bond motifs is 2. The third kappa shape index (κ3) is 2.86. The lowest BCUT2D eigenvalue weighted by Gasteiger charge is -2.21. The number of rotatable bonds is 4. The Balaban J connectivity index is 1.13. The van der Waals surface area contributed by atoms with Crippen molar-refractivity contribution in [2.75, 3.05) is 18.0 Å². The lowest BCUT2D eigenvalue weighted by Crippen LogP contribution is -2.25. The fourth-order valence-electron chi connectivity index (χ4n) is 4.85. The van der Waals surface area contributed by atoms with E-state index >= 15 is 0 Å². The van der Waals surface area contributed by atoms with Crippen LogP contribution in [0.2, 0.25) is 0 Å². The monoisotopic (exact) mass is 413 g/mol. The van der Waals surface area contributed by atoms with Gasteiger partial charge in [-0.05, 0) is 36.1 Å². The quantitative estimate of drug-likeness (QED) is 0.644. The molecule has 31 heavy (non-hydrogen) atoms. The van der Waals surface area contributed by atoms with Crippen molar-refractivity contribution in [3.63, 3.8) is 0 Å². The first-order valence-corrected chi connectivity index (χ1v) is 10.3. The van der Waals surface area contributed by atoms with Crippen molar-refractivity contribution < 1.29 is 4.52 Å². The average Bonchev–Trinajstić information content (AvgIpc) is 3.21. The van der Waals surface area contributed by atoms with Crippen molar-refractivity contribution in [2.45, 2.75) is 25.3 Å². The summed E-state index contributed by atoms with van der Waals surface area (Å²) >= 11 is 0. The molecule has 1 aromatic carbocycles. The Morgan fingerprint density at radius 2 is 2.00 bits per heavy atom. The number of benzene rings is 1. The van der Waals surface area contributed by atoms with E-state index in [4.69, 9.17) is 9.78 Å². The Hall–Kier alpha value is -3.80. The predicted molar refractivity (Wildman–Crippen MR) is 112 cm³/mol. The number of aromatic nitrogens is 4. The van der Waals surface area contributed by atoms with Gasteiger partial charge in [-0.15, -0.1) is 0 Å². The molecule has 0 spiro atoms. The van der Waals surface area contributed by atoms with Crippen LogP contribution in [-0.2, 0) is 6.54 Å². The van der Waals surface area contributed by atoms with E-state index in [1.807, 2.05) is 31.2 Å². The van der Waals surface area contributed by atoms with Crippen LogP contribution in [0.25, 0.3) is 0 Å². The van der Waals surface area contributed by atoms with Crippen molar-refractivity contribution in [2.24, 2.45) is 16.8 Å². The minimum atomic E-state index is -0.115. The van der Waals surface area contributed by atoms with Crippen LogP contribution in [0.1, 0.15) is 41.6 Å². The average molecular weight is 413 g/mol. The first-order chi connectivity index (χ1) is 15.1.